The second-order valence-corrected chi connectivity index (χ2v) is 4.97. The van der Waals surface area contributed by atoms with Crippen molar-refractivity contribution < 1.29 is 9.59 Å². The number of pyridine rings is 1. The second kappa shape index (κ2) is 6.88. The van der Waals surface area contributed by atoms with Gasteiger partial charge in [-0.05, 0) is 30.5 Å². The van der Waals surface area contributed by atoms with E-state index >= 15 is 0 Å². The maximum absolute atomic E-state index is 11.6. The van der Waals surface area contributed by atoms with Crippen molar-refractivity contribution in [3.63, 3.8) is 0 Å². The van der Waals surface area contributed by atoms with Crippen LogP contribution in [0.1, 0.15) is 25.3 Å². The molecular weight excluding hydrogens is 256 g/mol. The first kappa shape index (κ1) is 14.3. The van der Waals surface area contributed by atoms with Crippen molar-refractivity contribution in [3.8, 4) is 0 Å². The van der Waals surface area contributed by atoms with Crippen molar-refractivity contribution in [1.82, 2.24) is 20.5 Å². The number of rotatable bonds is 6. The molecule has 1 saturated carbocycles. The summed E-state index contributed by atoms with van der Waals surface area (Å²) in [5.41, 5.74) is 1.03. The van der Waals surface area contributed by atoms with E-state index in [1.165, 1.54) is 6.92 Å². The minimum atomic E-state index is -0.153. The van der Waals surface area contributed by atoms with Gasteiger partial charge in [0.25, 0.3) is 0 Å². The fourth-order valence-corrected chi connectivity index (χ4v) is 1.82. The van der Waals surface area contributed by atoms with Gasteiger partial charge < -0.3 is 15.5 Å². The lowest BCUT2D eigenvalue weighted by atomic mass is 10.2. The van der Waals surface area contributed by atoms with E-state index in [1.54, 1.807) is 17.3 Å². The highest BCUT2D eigenvalue weighted by Crippen LogP contribution is 2.18. The average molecular weight is 276 g/mol. The van der Waals surface area contributed by atoms with Gasteiger partial charge in [-0.15, -0.1) is 0 Å². The minimum Gasteiger partial charge on any atom is -0.337 e. The molecule has 6 nitrogen and oxygen atoms in total. The quantitative estimate of drug-likeness (QED) is 0.810. The fourth-order valence-electron chi connectivity index (χ4n) is 1.82. The van der Waals surface area contributed by atoms with Crippen molar-refractivity contribution in [2.45, 2.75) is 32.4 Å². The molecule has 0 radical (unpaired) electrons. The third kappa shape index (κ3) is 4.87. The SMILES string of the molecule is CC(=O)N(CCNC(=O)NC1CC1)Cc1ccncc1. The summed E-state index contributed by atoms with van der Waals surface area (Å²) < 4.78 is 0. The van der Waals surface area contributed by atoms with Crippen LogP contribution in [0.25, 0.3) is 0 Å². The first-order chi connectivity index (χ1) is 9.65. The summed E-state index contributed by atoms with van der Waals surface area (Å²) in [6, 6.07) is 3.95. The van der Waals surface area contributed by atoms with E-state index in [0.29, 0.717) is 25.7 Å². The first-order valence-corrected chi connectivity index (χ1v) is 6.84. The topological polar surface area (TPSA) is 74.3 Å². The molecule has 0 bridgehead atoms. The predicted octanol–water partition coefficient (Wildman–Crippen LogP) is 0.892. The summed E-state index contributed by atoms with van der Waals surface area (Å²) in [6.07, 6.45) is 5.54. The molecule has 1 fully saturated rings. The van der Waals surface area contributed by atoms with Gasteiger partial charge in [-0.3, -0.25) is 9.78 Å². The molecule has 20 heavy (non-hydrogen) atoms. The fraction of sp³-hybridized carbons (Fsp3) is 0.500. The molecule has 0 atom stereocenters. The number of hydrogen-bond donors (Lipinski definition) is 2. The molecule has 1 aromatic heterocycles. The zero-order valence-electron chi connectivity index (χ0n) is 11.6. The smallest absolute Gasteiger partial charge is 0.315 e. The lowest BCUT2D eigenvalue weighted by Crippen LogP contribution is -2.42. The number of nitrogens with zero attached hydrogens (tertiary/aromatic N) is 2. The van der Waals surface area contributed by atoms with Gasteiger partial charge in [0.15, 0.2) is 0 Å². The Labute approximate surface area is 118 Å². The molecule has 0 unspecified atom stereocenters. The summed E-state index contributed by atoms with van der Waals surface area (Å²) in [4.78, 5) is 28.7. The van der Waals surface area contributed by atoms with Crippen molar-refractivity contribution >= 4 is 11.9 Å². The minimum absolute atomic E-state index is 0.00814. The Kier molecular flexibility index (Phi) is 4.92. The van der Waals surface area contributed by atoms with Crippen molar-refractivity contribution in [2.24, 2.45) is 0 Å². The molecule has 108 valence electrons. The second-order valence-electron chi connectivity index (χ2n) is 4.97. The summed E-state index contributed by atoms with van der Waals surface area (Å²) in [5, 5.41) is 5.61. The molecule has 3 amide bonds. The van der Waals surface area contributed by atoms with Crippen LogP contribution in [-0.4, -0.2) is 41.0 Å². The molecule has 0 saturated heterocycles. The molecule has 1 aromatic rings. The van der Waals surface area contributed by atoms with Crippen LogP contribution < -0.4 is 10.6 Å². The van der Waals surface area contributed by atoms with E-state index in [4.69, 9.17) is 0 Å². The third-order valence-corrected chi connectivity index (χ3v) is 3.15. The van der Waals surface area contributed by atoms with Crippen LogP contribution in [0, 0.1) is 0 Å². The normalized spacial score (nSPS) is 13.7. The van der Waals surface area contributed by atoms with Crippen LogP contribution in [0.15, 0.2) is 24.5 Å². The van der Waals surface area contributed by atoms with E-state index in [2.05, 4.69) is 15.6 Å². The maximum atomic E-state index is 11.6. The average Bonchev–Trinajstić information content (AvgIpc) is 3.22. The Morgan fingerprint density at radius 2 is 2.05 bits per heavy atom. The van der Waals surface area contributed by atoms with Crippen molar-refractivity contribution in [2.75, 3.05) is 13.1 Å². The van der Waals surface area contributed by atoms with Gasteiger partial charge in [-0.1, -0.05) is 0 Å². The third-order valence-electron chi connectivity index (χ3n) is 3.15. The van der Waals surface area contributed by atoms with Gasteiger partial charge in [0.1, 0.15) is 0 Å². The van der Waals surface area contributed by atoms with Crippen LogP contribution in [-0.2, 0) is 11.3 Å². The number of carbonyl (C=O) groups is 2. The number of amides is 3. The Morgan fingerprint density at radius 3 is 2.65 bits per heavy atom. The van der Waals surface area contributed by atoms with Crippen LogP contribution >= 0.6 is 0 Å². The zero-order chi connectivity index (χ0) is 14.4. The van der Waals surface area contributed by atoms with Crippen LogP contribution in [0.2, 0.25) is 0 Å². The van der Waals surface area contributed by atoms with Gasteiger partial charge in [0.2, 0.25) is 5.91 Å². The monoisotopic (exact) mass is 276 g/mol. The lowest BCUT2D eigenvalue weighted by Gasteiger charge is -2.21. The van der Waals surface area contributed by atoms with Crippen molar-refractivity contribution in [3.05, 3.63) is 30.1 Å². The highest BCUT2D eigenvalue weighted by atomic mass is 16.2. The number of urea groups is 1. The molecule has 2 N–H and O–H groups in total. The molecule has 1 aliphatic carbocycles. The van der Waals surface area contributed by atoms with E-state index in [1.807, 2.05) is 12.1 Å². The van der Waals surface area contributed by atoms with Crippen molar-refractivity contribution in [1.29, 1.82) is 0 Å². The zero-order valence-corrected chi connectivity index (χ0v) is 11.6. The molecule has 1 aliphatic rings. The van der Waals surface area contributed by atoms with Gasteiger partial charge >= 0.3 is 6.03 Å². The molecular formula is C14H20N4O2. The predicted molar refractivity (Wildman–Crippen MR) is 74.9 cm³/mol. The van der Waals surface area contributed by atoms with Gasteiger partial charge in [-0.25, -0.2) is 4.79 Å². The first-order valence-electron chi connectivity index (χ1n) is 6.84. The molecule has 0 spiro atoms. The van der Waals surface area contributed by atoms with E-state index in [-0.39, 0.29) is 11.9 Å². The van der Waals surface area contributed by atoms with Gasteiger partial charge in [0.05, 0.1) is 0 Å². The van der Waals surface area contributed by atoms with Crippen LogP contribution in [0.5, 0.6) is 0 Å². The van der Waals surface area contributed by atoms with Gasteiger partial charge in [0, 0.05) is 45.0 Å². The summed E-state index contributed by atoms with van der Waals surface area (Å²) in [7, 11) is 0. The Hall–Kier alpha value is -2.11. The Balaban J connectivity index is 1.74. The number of nitrogens with one attached hydrogen (secondary N) is 2. The van der Waals surface area contributed by atoms with E-state index in [0.717, 1.165) is 18.4 Å². The van der Waals surface area contributed by atoms with Gasteiger partial charge in [-0.2, -0.15) is 0 Å². The maximum Gasteiger partial charge on any atom is 0.315 e. The number of aromatic nitrogens is 1. The Bertz CT molecular complexity index is 460. The Morgan fingerprint density at radius 1 is 1.35 bits per heavy atom. The summed E-state index contributed by atoms with van der Waals surface area (Å²) in [6.45, 7) is 3.01. The van der Waals surface area contributed by atoms with Crippen LogP contribution in [0.3, 0.4) is 0 Å². The molecule has 0 aromatic carbocycles. The summed E-state index contributed by atoms with van der Waals surface area (Å²) >= 11 is 0. The standard InChI is InChI=1S/C14H20N4O2/c1-11(19)18(10-12-4-6-15-7-5-12)9-8-16-14(20)17-13-2-3-13/h4-7,13H,2-3,8-10H2,1H3,(H2,16,17,20). The highest BCUT2D eigenvalue weighted by molar-refractivity contribution is 5.75. The van der Waals surface area contributed by atoms with Crippen LogP contribution in [0.4, 0.5) is 4.79 Å². The van der Waals surface area contributed by atoms with E-state index < -0.39 is 0 Å². The molecule has 0 aliphatic heterocycles. The molecule has 6 heteroatoms. The molecule has 1 heterocycles. The highest BCUT2D eigenvalue weighted by Gasteiger charge is 2.22. The number of carbonyl (C=O) groups excluding carboxylic acids is 2. The lowest BCUT2D eigenvalue weighted by molar-refractivity contribution is -0.129. The van der Waals surface area contributed by atoms with E-state index in [9.17, 15) is 9.59 Å². The number of hydrogen-bond acceptors (Lipinski definition) is 3. The summed E-state index contributed by atoms with van der Waals surface area (Å²) in [5.74, 6) is -0.00814. The molecule has 2 rings (SSSR count). The largest absolute Gasteiger partial charge is 0.337 e.